The molecule has 2 aromatic carbocycles. The van der Waals surface area contributed by atoms with E-state index in [0.29, 0.717) is 48.6 Å². The first-order valence-electron chi connectivity index (χ1n) is 14.3. The summed E-state index contributed by atoms with van der Waals surface area (Å²) in [5, 5.41) is 3.96. The molecule has 3 amide bonds. The summed E-state index contributed by atoms with van der Waals surface area (Å²) in [7, 11) is 4.18. The predicted octanol–water partition coefficient (Wildman–Crippen LogP) is 6.00. The van der Waals surface area contributed by atoms with Crippen LogP contribution in [0.1, 0.15) is 55.2 Å². The van der Waals surface area contributed by atoms with Crippen molar-refractivity contribution in [1.82, 2.24) is 20.0 Å². The first-order chi connectivity index (χ1) is 19.1. The van der Waals surface area contributed by atoms with E-state index in [-0.39, 0.29) is 18.4 Å². The van der Waals surface area contributed by atoms with Crippen molar-refractivity contribution < 1.29 is 14.0 Å². The number of hydrogen-bond acceptors (Lipinski definition) is 3. The Morgan fingerprint density at radius 2 is 1.60 bits per heavy atom. The van der Waals surface area contributed by atoms with E-state index in [0.717, 1.165) is 43.7 Å². The second kappa shape index (κ2) is 14.0. The van der Waals surface area contributed by atoms with Crippen molar-refractivity contribution >= 4 is 35.1 Å². The zero-order valence-electron chi connectivity index (χ0n) is 23.8. The maximum Gasteiger partial charge on any atom is 0.318 e. The summed E-state index contributed by atoms with van der Waals surface area (Å²) in [6, 6.07) is 9.52. The lowest BCUT2D eigenvalue weighted by Gasteiger charge is -2.36. The fraction of sp³-hybridized carbons (Fsp3) is 0.548. The minimum absolute atomic E-state index is 0.0758. The zero-order chi connectivity index (χ0) is 28.8. The number of rotatable bonds is 9. The Balaban J connectivity index is 1.45. The third-order valence-corrected chi connectivity index (χ3v) is 8.50. The largest absolute Gasteiger partial charge is 0.341 e. The molecule has 2 aliphatic rings. The maximum atomic E-state index is 14.7. The van der Waals surface area contributed by atoms with Gasteiger partial charge in [-0.3, -0.25) is 4.79 Å². The van der Waals surface area contributed by atoms with Gasteiger partial charge in [-0.1, -0.05) is 42.3 Å². The molecule has 4 rings (SSSR count). The normalized spacial score (nSPS) is 17.8. The van der Waals surface area contributed by atoms with Crippen LogP contribution in [-0.4, -0.2) is 79.5 Å². The van der Waals surface area contributed by atoms with Crippen LogP contribution in [0.3, 0.4) is 0 Å². The summed E-state index contributed by atoms with van der Waals surface area (Å²) in [6.07, 6.45) is 4.57. The van der Waals surface area contributed by atoms with Crippen molar-refractivity contribution in [3.63, 3.8) is 0 Å². The highest BCUT2D eigenvalue weighted by molar-refractivity contribution is 6.30. The van der Waals surface area contributed by atoms with E-state index in [4.69, 9.17) is 23.2 Å². The molecular weight excluding hydrogens is 550 g/mol. The molecule has 2 saturated heterocycles. The van der Waals surface area contributed by atoms with Gasteiger partial charge in [-0.2, -0.15) is 0 Å². The topological polar surface area (TPSA) is 55.9 Å². The predicted molar refractivity (Wildman–Crippen MR) is 160 cm³/mol. The van der Waals surface area contributed by atoms with Gasteiger partial charge >= 0.3 is 6.03 Å². The third kappa shape index (κ3) is 8.11. The summed E-state index contributed by atoms with van der Waals surface area (Å²) >= 11 is 12.3. The molecule has 2 fully saturated rings. The van der Waals surface area contributed by atoms with E-state index in [1.165, 1.54) is 17.2 Å². The van der Waals surface area contributed by atoms with Crippen LogP contribution >= 0.6 is 23.2 Å². The van der Waals surface area contributed by atoms with Crippen LogP contribution < -0.4 is 5.32 Å². The second-order valence-electron chi connectivity index (χ2n) is 11.7. The number of piperidine rings is 1. The zero-order valence-corrected chi connectivity index (χ0v) is 25.3. The molecule has 2 aromatic rings. The monoisotopic (exact) mass is 590 g/mol. The Bertz CT molecular complexity index is 1180. The Labute approximate surface area is 247 Å². The first-order valence-corrected chi connectivity index (χ1v) is 15.1. The lowest BCUT2D eigenvalue weighted by Crippen LogP contribution is -2.54. The third-order valence-electron chi connectivity index (χ3n) is 8.02. The van der Waals surface area contributed by atoms with E-state index in [1.807, 2.05) is 11.0 Å². The van der Waals surface area contributed by atoms with Crippen LogP contribution in [0, 0.1) is 11.7 Å². The van der Waals surface area contributed by atoms with Crippen LogP contribution in [0.25, 0.3) is 0 Å². The number of benzene rings is 2. The summed E-state index contributed by atoms with van der Waals surface area (Å²) in [5.41, 5.74) is 2.95. The molecule has 0 unspecified atom stereocenters. The summed E-state index contributed by atoms with van der Waals surface area (Å²) in [5.74, 6) is 0.172. The van der Waals surface area contributed by atoms with Crippen LogP contribution in [-0.2, 0) is 17.6 Å². The molecule has 0 aromatic heterocycles. The summed E-state index contributed by atoms with van der Waals surface area (Å²) < 4.78 is 14.7. The van der Waals surface area contributed by atoms with Crippen molar-refractivity contribution in [3.8, 4) is 0 Å². The quantitative estimate of drug-likeness (QED) is 0.390. The molecule has 0 saturated carbocycles. The lowest BCUT2D eigenvalue weighted by atomic mass is 9.84. The number of carbonyl (C=O) groups is 2. The molecule has 1 N–H and O–H groups in total. The molecule has 0 aliphatic carbocycles. The van der Waals surface area contributed by atoms with E-state index in [1.54, 1.807) is 17.0 Å². The lowest BCUT2D eigenvalue weighted by molar-refractivity contribution is -0.134. The number of halogens is 3. The molecule has 0 spiro atoms. The van der Waals surface area contributed by atoms with Gasteiger partial charge in [0.25, 0.3) is 0 Å². The van der Waals surface area contributed by atoms with Crippen molar-refractivity contribution in [3.05, 3.63) is 69.0 Å². The van der Waals surface area contributed by atoms with Gasteiger partial charge in [0, 0.05) is 49.2 Å². The van der Waals surface area contributed by atoms with Gasteiger partial charge in [0.1, 0.15) is 11.9 Å². The average molecular weight is 592 g/mol. The van der Waals surface area contributed by atoms with Gasteiger partial charge in [0.15, 0.2) is 0 Å². The van der Waals surface area contributed by atoms with E-state index in [2.05, 4.69) is 43.4 Å². The van der Waals surface area contributed by atoms with Crippen LogP contribution in [0.15, 0.2) is 36.4 Å². The molecule has 2 atom stereocenters. The maximum absolute atomic E-state index is 14.7. The molecule has 2 aliphatic heterocycles. The van der Waals surface area contributed by atoms with Gasteiger partial charge in [-0.25, -0.2) is 9.18 Å². The Morgan fingerprint density at radius 3 is 2.25 bits per heavy atom. The van der Waals surface area contributed by atoms with Crippen molar-refractivity contribution in [2.75, 3.05) is 46.8 Å². The van der Waals surface area contributed by atoms with Gasteiger partial charge in [-0.15, -0.1) is 0 Å². The SMILES string of the molecule is C[C@H](Cc1cc(Cl)ccc1C1CCN(C(=O)[C@@H](Cc2ccc(Cl)cc2F)NC(=O)N2CCCC2)CC1)CN(C)C. The van der Waals surface area contributed by atoms with E-state index >= 15 is 0 Å². The number of urea groups is 1. The molecule has 6 nitrogen and oxygen atoms in total. The fourth-order valence-electron chi connectivity index (χ4n) is 6.11. The highest BCUT2D eigenvalue weighted by Gasteiger charge is 2.32. The Hall–Kier alpha value is -2.35. The number of likely N-dealkylation sites (tertiary alicyclic amines) is 2. The van der Waals surface area contributed by atoms with E-state index < -0.39 is 11.9 Å². The number of carbonyl (C=O) groups excluding carboxylic acids is 2. The minimum Gasteiger partial charge on any atom is -0.341 e. The smallest absolute Gasteiger partial charge is 0.318 e. The number of amides is 3. The summed E-state index contributed by atoms with van der Waals surface area (Å²) in [6.45, 7) is 5.76. The average Bonchev–Trinajstić information content (AvgIpc) is 3.44. The molecular formula is C31H41Cl2FN4O2. The van der Waals surface area contributed by atoms with Gasteiger partial charge < -0.3 is 20.0 Å². The van der Waals surface area contributed by atoms with Crippen LogP contribution in [0.4, 0.5) is 9.18 Å². The van der Waals surface area contributed by atoms with Crippen LogP contribution in [0.2, 0.25) is 10.0 Å². The van der Waals surface area contributed by atoms with Crippen LogP contribution in [0.5, 0.6) is 0 Å². The fourth-order valence-corrected chi connectivity index (χ4v) is 6.47. The first kappa shape index (κ1) is 30.6. The number of nitrogens with zero attached hydrogens (tertiary/aromatic N) is 3. The Kier molecular flexibility index (Phi) is 10.7. The number of hydrogen-bond donors (Lipinski definition) is 1. The van der Waals surface area contributed by atoms with Crippen molar-refractivity contribution in [2.45, 2.75) is 57.4 Å². The van der Waals surface area contributed by atoms with Gasteiger partial charge in [-0.05, 0) is 99.0 Å². The van der Waals surface area contributed by atoms with Crippen molar-refractivity contribution in [2.24, 2.45) is 5.92 Å². The minimum atomic E-state index is -0.849. The highest BCUT2D eigenvalue weighted by atomic mass is 35.5. The summed E-state index contributed by atoms with van der Waals surface area (Å²) in [4.78, 5) is 32.5. The molecule has 0 radical (unpaired) electrons. The molecule has 218 valence electrons. The van der Waals surface area contributed by atoms with Gasteiger partial charge in [0.05, 0.1) is 0 Å². The molecule has 0 bridgehead atoms. The standard InChI is InChI=1S/C31H41Cl2FN4O2/c1-21(20-36(2)3)16-24-17-25(32)8-9-27(24)22-10-14-37(15-11-22)30(39)29(35-31(40)38-12-4-5-13-38)18-23-6-7-26(33)19-28(23)34/h6-9,17,19,21-22,29H,4-5,10-16,18,20H2,1-3H3,(H,35,40)/t21-,29-/m1/s1. The highest BCUT2D eigenvalue weighted by Crippen LogP contribution is 2.33. The molecule has 40 heavy (non-hydrogen) atoms. The molecule has 9 heteroatoms. The van der Waals surface area contributed by atoms with Gasteiger partial charge in [0.2, 0.25) is 5.91 Å². The number of nitrogens with one attached hydrogen (secondary N) is 1. The Morgan fingerprint density at radius 1 is 0.950 bits per heavy atom. The van der Waals surface area contributed by atoms with E-state index in [9.17, 15) is 14.0 Å². The second-order valence-corrected chi connectivity index (χ2v) is 12.5. The molecule has 2 heterocycles. The van der Waals surface area contributed by atoms with Crippen molar-refractivity contribution in [1.29, 1.82) is 0 Å².